The molecule has 1 N–H and O–H groups in total. The van der Waals surface area contributed by atoms with E-state index in [0.717, 1.165) is 30.5 Å². The van der Waals surface area contributed by atoms with E-state index in [1.165, 1.54) is 6.07 Å². The normalized spacial score (nSPS) is 26.9. The van der Waals surface area contributed by atoms with E-state index in [-0.39, 0.29) is 37.1 Å². The van der Waals surface area contributed by atoms with Crippen LogP contribution in [0.4, 0.5) is 13.6 Å². The summed E-state index contributed by atoms with van der Waals surface area (Å²) in [5.74, 6) is -1.43. The molecule has 4 nitrogen and oxygen atoms in total. The summed E-state index contributed by atoms with van der Waals surface area (Å²) in [6, 6.07) is 12.2. The van der Waals surface area contributed by atoms with E-state index < -0.39 is 23.3 Å². The highest BCUT2D eigenvalue weighted by molar-refractivity contribution is 5.69. The van der Waals surface area contributed by atoms with Gasteiger partial charge in [0.1, 0.15) is 18.2 Å². The number of nitrogens with zero attached hydrogens (tertiary/aromatic N) is 1. The molecule has 2 bridgehead atoms. The average molecular weight is 373 g/mol. The first-order valence-electron chi connectivity index (χ1n) is 9.13. The van der Waals surface area contributed by atoms with Gasteiger partial charge in [-0.1, -0.05) is 36.4 Å². The SMILES string of the molecule is O=C(OCc1ccccc1)N1C2CCC1CC(O)(c1ccc(F)cc1F)C2. The molecule has 142 valence electrons. The lowest BCUT2D eigenvalue weighted by molar-refractivity contribution is -0.0557. The number of rotatable bonds is 3. The fraction of sp³-hybridized carbons (Fsp3) is 0.381. The number of piperidine rings is 1. The Labute approximate surface area is 156 Å². The van der Waals surface area contributed by atoms with Gasteiger partial charge in [-0.05, 0) is 24.5 Å². The molecule has 4 rings (SSSR count). The lowest BCUT2D eigenvalue weighted by atomic mass is 9.80. The van der Waals surface area contributed by atoms with Crippen molar-refractivity contribution in [2.45, 2.75) is 50.0 Å². The van der Waals surface area contributed by atoms with Gasteiger partial charge >= 0.3 is 6.09 Å². The highest BCUT2D eigenvalue weighted by Gasteiger charge is 2.51. The van der Waals surface area contributed by atoms with Crippen LogP contribution in [-0.4, -0.2) is 28.2 Å². The molecule has 2 saturated heterocycles. The largest absolute Gasteiger partial charge is 0.445 e. The van der Waals surface area contributed by atoms with Crippen LogP contribution < -0.4 is 0 Å². The van der Waals surface area contributed by atoms with Crippen LogP contribution in [0.5, 0.6) is 0 Å². The molecule has 2 heterocycles. The zero-order valence-corrected chi connectivity index (χ0v) is 14.8. The van der Waals surface area contributed by atoms with Crippen LogP contribution >= 0.6 is 0 Å². The number of ether oxygens (including phenoxy) is 1. The van der Waals surface area contributed by atoms with Gasteiger partial charge in [0.25, 0.3) is 0 Å². The van der Waals surface area contributed by atoms with E-state index in [1.807, 2.05) is 30.3 Å². The fourth-order valence-electron chi connectivity index (χ4n) is 4.40. The maximum absolute atomic E-state index is 14.2. The number of amides is 1. The molecule has 0 spiro atoms. The van der Waals surface area contributed by atoms with Crippen LogP contribution in [0.25, 0.3) is 0 Å². The zero-order chi connectivity index (χ0) is 19.0. The summed E-state index contributed by atoms with van der Waals surface area (Å²) < 4.78 is 32.9. The van der Waals surface area contributed by atoms with Crippen molar-refractivity contribution in [3.8, 4) is 0 Å². The predicted molar refractivity (Wildman–Crippen MR) is 94.8 cm³/mol. The van der Waals surface area contributed by atoms with Crippen molar-refractivity contribution in [3.05, 3.63) is 71.3 Å². The number of carbonyl (C=O) groups is 1. The van der Waals surface area contributed by atoms with Gasteiger partial charge in [0.15, 0.2) is 0 Å². The molecule has 0 aromatic heterocycles. The summed E-state index contributed by atoms with van der Waals surface area (Å²) in [6.07, 6.45) is 1.49. The van der Waals surface area contributed by atoms with Crippen LogP contribution in [-0.2, 0) is 16.9 Å². The van der Waals surface area contributed by atoms with Gasteiger partial charge in [-0.25, -0.2) is 13.6 Å². The van der Waals surface area contributed by atoms with Gasteiger partial charge in [-0.3, -0.25) is 0 Å². The summed E-state index contributed by atoms with van der Waals surface area (Å²) in [5, 5.41) is 11.1. The third-order valence-electron chi connectivity index (χ3n) is 5.61. The smallest absolute Gasteiger partial charge is 0.410 e. The van der Waals surface area contributed by atoms with Crippen molar-refractivity contribution >= 4 is 6.09 Å². The van der Waals surface area contributed by atoms with Gasteiger partial charge in [-0.2, -0.15) is 0 Å². The second-order valence-electron chi connectivity index (χ2n) is 7.40. The van der Waals surface area contributed by atoms with Crippen molar-refractivity contribution in [3.63, 3.8) is 0 Å². The summed E-state index contributed by atoms with van der Waals surface area (Å²) >= 11 is 0. The minimum absolute atomic E-state index is 0.0955. The second-order valence-corrected chi connectivity index (χ2v) is 7.40. The number of benzene rings is 2. The van der Waals surface area contributed by atoms with E-state index in [0.29, 0.717) is 0 Å². The molecule has 0 saturated carbocycles. The second kappa shape index (κ2) is 6.93. The first-order valence-corrected chi connectivity index (χ1v) is 9.13. The Bertz CT molecular complexity index is 829. The molecule has 0 aliphatic carbocycles. The highest BCUT2D eigenvalue weighted by Crippen LogP contribution is 2.46. The molecule has 0 radical (unpaired) electrons. The third-order valence-corrected chi connectivity index (χ3v) is 5.61. The number of halogens is 2. The maximum Gasteiger partial charge on any atom is 0.410 e. The van der Waals surface area contributed by atoms with E-state index >= 15 is 0 Å². The predicted octanol–water partition coefficient (Wildman–Crippen LogP) is 4.12. The van der Waals surface area contributed by atoms with Crippen LogP contribution in [0.3, 0.4) is 0 Å². The number of hydrogen-bond acceptors (Lipinski definition) is 3. The molecule has 2 unspecified atom stereocenters. The topological polar surface area (TPSA) is 49.8 Å². The Balaban J connectivity index is 1.47. The number of carbonyl (C=O) groups excluding carboxylic acids is 1. The first kappa shape index (κ1) is 17.9. The van der Waals surface area contributed by atoms with Crippen LogP contribution in [0, 0.1) is 11.6 Å². The third kappa shape index (κ3) is 3.41. The fourth-order valence-corrected chi connectivity index (χ4v) is 4.40. The maximum atomic E-state index is 14.2. The minimum atomic E-state index is -1.40. The van der Waals surface area contributed by atoms with Gasteiger partial charge < -0.3 is 14.7 Å². The molecule has 2 aliphatic rings. The van der Waals surface area contributed by atoms with Gasteiger partial charge in [-0.15, -0.1) is 0 Å². The van der Waals surface area contributed by atoms with Crippen molar-refractivity contribution in [1.29, 1.82) is 0 Å². The van der Waals surface area contributed by atoms with Crippen LogP contribution in [0.15, 0.2) is 48.5 Å². The summed E-state index contributed by atoms with van der Waals surface area (Å²) in [7, 11) is 0. The Morgan fingerprint density at radius 1 is 1.11 bits per heavy atom. The monoisotopic (exact) mass is 373 g/mol. The standard InChI is InChI=1S/C21H21F2NO3/c22-15-6-9-18(19(23)10-15)21(26)11-16-7-8-17(12-21)24(16)20(25)27-13-14-4-2-1-3-5-14/h1-6,9-10,16-17,26H,7-8,11-13H2. The molecular weight excluding hydrogens is 352 g/mol. The van der Waals surface area contributed by atoms with Crippen molar-refractivity contribution < 1.29 is 23.4 Å². The molecule has 1 amide bonds. The Kier molecular flexibility index (Phi) is 4.60. The molecule has 27 heavy (non-hydrogen) atoms. The highest BCUT2D eigenvalue weighted by atomic mass is 19.1. The Morgan fingerprint density at radius 3 is 2.41 bits per heavy atom. The molecule has 2 aromatic rings. The summed E-state index contributed by atoms with van der Waals surface area (Å²) in [6.45, 7) is 0.187. The summed E-state index contributed by atoms with van der Waals surface area (Å²) in [5.41, 5.74) is -0.405. The molecule has 2 atom stereocenters. The lowest BCUT2D eigenvalue weighted by Gasteiger charge is -2.43. The zero-order valence-electron chi connectivity index (χ0n) is 14.8. The molecular formula is C21H21F2NO3. The quantitative estimate of drug-likeness (QED) is 0.881. The lowest BCUT2D eigenvalue weighted by Crippen LogP contribution is -2.52. The average Bonchev–Trinajstić information content (AvgIpc) is 2.92. The van der Waals surface area contributed by atoms with Crippen molar-refractivity contribution in [1.82, 2.24) is 4.90 Å². The summed E-state index contributed by atoms with van der Waals surface area (Å²) in [4.78, 5) is 14.3. The van der Waals surface area contributed by atoms with Crippen LogP contribution in [0.1, 0.15) is 36.8 Å². The van der Waals surface area contributed by atoms with Crippen molar-refractivity contribution in [2.75, 3.05) is 0 Å². The van der Waals surface area contributed by atoms with E-state index in [4.69, 9.17) is 4.74 Å². The number of hydrogen-bond donors (Lipinski definition) is 1. The first-order chi connectivity index (χ1) is 13.0. The van der Waals surface area contributed by atoms with E-state index in [1.54, 1.807) is 4.90 Å². The Morgan fingerprint density at radius 2 is 1.78 bits per heavy atom. The van der Waals surface area contributed by atoms with E-state index in [9.17, 15) is 18.7 Å². The number of fused-ring (bicyclic) bond motifs is 2. The van der Waals surface area contributed by atoms with Crippen molar-refractivity contribution in [2.24, 2.45) is 0 Å². The minimum Gasteiger partial charge on any atom is -0.445 e. The molecule has 2 aromatic carbocycles. The number of aliphatic hydroxyl groups is 1. The Hall–Kier alpha value is -2.47. The van der Waals surface area contributed by atoms with Gasteiger partial charge in [0, 0.05) is 36.6 Å². The van der Waals surface area contributed by atoms with Crippen LogP contribution in [0.2, 0.25) is 0 Å². The molecule has 6 heteroatoms. The van der Waals surface area contributed by atoms with E-state index in [2.05, 4.69) is 0 Å². The van der Waals surface area contributed by atoms with Gasteiger partial charge in [0.2, 0.25) is 0 Å². The molecule has 2 aliphatic heterocycles. The molecule has 2 fully saturated rings. The van der Waals surface area contributed by atoms with Gasteiger partial charge in [0.05, 0.1) is 5.60 Å².